The first-order valence-corrected chi connectivity index (χ1v) is 6.99. The molecular weight excluding hydrogens is 262 g/mol. The Morgan fingerprint density at radius 3 is 2.52 bits per heavy atom. The number of nitrogens with one attached hydrogen (secondary N) is 1. The van der Waals surface area contributed by atoms with Crippen LogP contribution in [0.4, 0.5) is 0 Å². The van der Waals surface area contributed by atoms with E-state index in [4.69, 9.17) is 0 Å². The van der Waals surface area contributed by atoms with Crippen molar-refractivity contribution >= 4 is 12.1 Å². The van der Waals surface area contributed by atoms with Gasteiger partial charge in [-0.2, -0.15) is 5.10 Å². The molecule has 0 saturated carbocycles. The van der Waals surface area contributed by atoms with Gasteiger partial charge in [0, 0.05) is 13.1 Å². The van der Waals surface area contributed by atoms with Crippen LogP contribution in [0, 0.1) is 0 Å². The van der Waals surface area contributed by atoms with E-state index in [2.05, 4.69) is 27.6 Å². The molecule has 4 nitrogen and oxygen atoms in total. The van der Waals surface area contributed by atoms with Crippen molar-refractivity contribution in [1.29, 1.82) is 0 Å². The molecule has 3 rings (SSSR count). The quantitative estimate of drug-likeness (QED) is 0.517. The van der Waals surface area contributed by atoms with E-state index >= 15 is 0 Å². The number of rotatable bonds is 5. The predicted octanol–water partition coefficient (Wildman–Crippen LogP) is 2.02. The van der Waals surface area contributed by atoms with E-state index in [1.807, 2.05) is 48.5 Å². The van der Waals surface area contributed by atoms with Crippen LogP contribution >= 0.6 is 0 Å². The fourth-order valence-electron chi connectivity index (χ4n) is 2.20. The molecule has 1 N–H and O–H groups in total. The summed E-state index contributed by atoms with van der Waals surface area (Å²) >= 11 is 0. The van der Waals surface area contributed by atoms with Crippen LogP contribution in [0.25, 0.3) is 0 Å². The second-order valence-corrected chi connectivity index (χ2v) is 5.08. The number of carbonyl (C=O) groups excluding carboxylic acids is 1. The van der Waals surface area contributed by atoms with E-state index in [9.17, 15) is 4.79 Å². The lowest BCUT2D eigenvalue weighted by Crippen LogP contribution is -2.25. The van der Waals surface area contributed by atoms with E-state index in [1.165, 1.54) is 5.56 Å². The zero-order chi connectivity index (χ0) is 14.5. The molecule has 2 unspecified atom stereocenters. The highest BCUT2D eigenvalue weighted by molar-refractivity contribution is 5.86. The van der Waals surface area contributed by atoms with Crippen molar-refractivity contribution < 1.29 is 4.79 Å². The Morgan fingerprint density at radius 2 is 1.81 bits per heavy atom. The Kier molecular flexibility index (Phi) is 4.07. The van der Waals surface area contributed by atoms with Gasteiger partial charge in [0.05, 0.1) is 6.21 Å². The summed E-state index contributed by atoms with van der Waals surface area (Å²) in [5.41, 5.74) is 4.79. The molecule has 1 saturated heterocycles. The number of benzene rings is 2. The highest BCUT2D eigenvalue weighted by Gasteiger charge is 2.39. The molecule has 0 radical (unpaired) electrons. The largest absolute Gasteiger partial charge is 0.284 e. The topological polar surface area (TPSA) is 44.5 Å². The molecule has 106 valence electrons. The molecule has 21 heavy (non-hydrogen) atoms. The van der Waals surface area contributed by atoms with Gasteiger partial charge in [0.2, 0.25) is 0 Å². The monoisotopic (exact) mass is 279 g/mol. The minimum absolute atomic E-state index is 0.0434. The maximum Gasteiger partial charge on any atom is 0.258 e. The van der Waals surface area contributed by atoms with Crippen molar-refractivity contribution in [1.82, 2.24) is 10.3 Å². The summed E-state index contributed by atoms with van der Waals surface area (Å²) in [6.45, 7) is 1.60. The Bertz CT molecular complexity index is 625. The van der Waals surface area contributed by atoms with Gasteiger partial charge in [-0.15, -0.1) is 0 Å². The first kappa shape index (κ1) is 13.5. The van der Waals surface area contributed by atoms with Crippen molar-refractivity contribution in [2.75, 3.05) is 6.54 Å². The minimum Gasteiger partial charge on any atom is -0.284 e. The van der Waals surface area contributed by atoms with Gasteiger partial charge in [0.25, 0.3) is 5.91 Å². The zero-order valence-electron chi connectivity index (χ0n) is 11.6. The second-order valence-electron chi connectivity index (χ2n) is 5.08. The van der Waals surface area contributed by atoms with Gasteiger partial charge in [0.1, 0.15) is 6.04 Å². The van der Waals surface area contributed by atoms with E-state index in [0.717, 1.165) is 18.7 Å². The summed E-state index contributed by atoms with van der Waals surface area (Å²) in [4.78, 5) is 14.0. The zero-order valence-corrected chi connectivity index (χ0v) is 11.6. The van der Waals surface area contributed by atoms with Crippen LogP contribution in [0.15, 0.2) is 65.8 Å². The Morgan fingerprint density at radius 1 is 1.14 bits per heavy atom. The normalized spacial score (nSPS) is 20.4. The smallest absolute Gasteiger partial charge is 0.258 e. The van der Waals surface area contributed by atoms with Crippen molar-refractivity contribution in [2.45, 2.75) is 12.6 Å². The van der Waals surface area contributed by atoms with Gasteiger partial charge >= 0.3 is 0 Å². The molecule has 1 aliphatic heterocycles. The van der Waals surface area contributed by atoms with Crippen molar-refractivity contribution in [3.63, 3.8) is 0 Å². The molecule has 4 heteroatoms. The molecule has 1 heterocycles. The summed E-state index contributed by atoms with van der Waals surface area (Å²) in [5.74, 6) is -0.0434. The van der Waals surface area contributed by atoms with Gasteiger partial charge < -0.3 is 0 Å². The Labute approximate surface area is 124 Å². The molecule has 1 aliphatic rings. The highest BCUT2D eigenvalue weighted by Crippen LogP contribution is 2.20. The van der Waals surface area contributed by atoms with E-state index in [1.54, 1.807) is 6.21 Å². The van der Waals surface area contributed by atoms with Crippen molar-refractivity contribution in [3.05, 3.63) is 71.8 Å². The first-order chi connectivity index (χ1) is 10.3. The fourth-order valence-corrected chi connectivity index (χ4v) is 2.20. The van der Waals surface area contributed by atoms with Crippen molar-refractivity contribution in [3.8, 4) is 0 Å². The Balaban J connectivity index is 1.46. The van der Waals surface area contributed by atoms with Crippen LogP contribution in [-0.4, -0.2) is 29.6 Å². The van der Waals surface area contributed by atoms with Crippen LogP contribution in [0.1, 0.15) is 11.1 Å². The number of hydrogen-bond acceptors (Lipinski definition) is 3. The summed E-state index contributed by atoms with van der Waals surface area (Å²) in [6, 6.07) is 19.8. The third kappa shape index (κ3) is 3.77. The van der Waals surface area contributed by atoms with Gasteiger partial charge in [0.15, 0.2) is 0 Å². The maximum atomic E-state index is 11.9. The lowest BCUT2D eigenvalue weighted by molar-refractivity contribution is -0.121. The van der Waals surface area contributed by atoms with Gasteiger partial charge in [-0.3, -0.25) is 9.69 Å². The van der Waals surface area contributed by atoms with Crippen molar-refractivity contribution in [2.24, 2.45) is 5.10 Å². The molecule has 2 atom stereocenters. The molecule has 0 spiro atoms. The molecular formula is C17H17N3O. The highest BCUT2D eigenvalue weighted by atomic mass is 16.2. The van der Waals surface area contributed by atoms with E-state index in [0.29, 0.717) is 0 Å². The lowest BCUT2D eigenvalue weighted by Gasteiger charge is -2.03. The second kappa shape index (κ2) is 6.33. The third-order valence-electron chi connectivity index (χ3n) is 3.43. The van der Waals surface area contributed by atoms with E-state index < -0.39 is 0 Å². The Hall–Kier alpha value is -2.46. The number of amides is 1. The average molecular weight is 279 g/mol. The summed E-state index contributed by atoms with van der Waals surface area (Å²) in [6.07, 6.45) is 1.65. The number of hydrazone groups is 1. The summed E-state index contributed by atoms with van der Waals surface area (Å²) < 4.78 is 0. The van der Waals surface area contributed by atoms with Crippen LogP contribution < -0.4 is 5.43 Å². The molecule has 1 fully saturated rings. The van der Waals surface area contributed by atoms with Crippen LogP contribution in [0.3, 0.4) is 0 Å². The maximum absolute atomic E-state index is 11.9. The molecule has 2 aromatic carbocycles. The molecule has 0 aromatic heterocycles. The van der Waals surface area contributed by atoms with Gasteiger partial charge in [-0.05, 0) is 11.1 Å². The molecule has 0 bridgehead atoms. The molecule has 1 amide bonds. The number of hydrogen-bond donors (Lipinski definition) is 1. The average Bonchev–Trinajstić information content (AvgIpc) is 3.28. The molecule has 2 aromatic rings. The van der Waals surface area contributed by atoms with Crippen LogP contribution in [0.5, 0.6) is 0 Å². The molecule has 0 aliphatic carbocycles. The van der Waals surface area contributed by atoms with Crippen LogP contribution in [0.2, 0.25) is 0 Å². The SMILES string of the molecule is O=C(NN=Cc1ccccc1)C1CN1Cc1ccccc1. The number of nitrogens with zero attached hydrogens (tertiary/aromatic N) is 2. The lowest BCUT2D eigenvalue weighted by atomic mass is 10.2. The van der Waals surface area contributed by atoms with E-state index in [-0.39, 0.29) is 11.9 Å². The van der Waals surface area contributed by atoms with Gasteiger partial charge in [-0.25, -0.2) is 5.43 Å². The third-order valence-corrected chi connectivity index (χ3v) is 3.43. The van der Waals surface area contributed by atoms with Gasteiger partial charge in [-0.1, -0.05) is 60.7 Å². The van der Waals surface area contributed by atoms with Crippen LogP contribution in [-0.2, 0) is 11.3 Å². The minimum atomic E-state index is -0.0573. The summed E-state index contributed by atoms with van der Waals surface area (Å²) in [7, 11) is 0. The fraction of sp³-hybridized carbons (Fsp3) is 0.176. The summed E-state index contributed by atoms with van der Waals surface area (Å²) in [5, 5.41) is 3.99. The first-order valence-electron chi connectivity index (χ1n) is 6.99. The predicted molar refractivity (Wildman–Crippen MR) is 82.8 cm³/mol. The number of carbonyl (C=O) groups is 1. The standard InChI is InChI=1S/C17H17N3O/c21-17(19-18-11-14-7-3-1-4-8-14)16-13-20(16)12-15-9-5-2-6-10-15/h1-11,16H,12-13H2,(H,19,21).